The van der Waals surface area contributed by atoms with Crippen LogP contribution in [0.25, 0.3) is 0 Å². The molecule has 0 aliphatic carbocycles. The summed E-state index contributed by atoms with van der Waals surface area (Å²) in [5.41, 5.74) is 2.42. The summed E-state index contributed by atoms with van der Waals surface area (Å²) in [6, 6.07) is 11.4. The molecule has 2 heterocycles. The van der Waals surface area contributed by atoms with E-state index in [-0.39, 0.29) is 22.3 Å². The number of phenolic OH excluding ortho intramolecular Hbond substituents is 1. The van der Waals surface area contributed by atoms with Crippen molar-refractivity contribution in [2.75, 3.05) is 6.61 Å². The number of thioether (sulfide) groups is 1. The Morgan fingerprint density at radius 2 is 2.00 bits per heavy atom. The highest BCUT2D eigenvalue weighted by Gasteiger charge is 2.34. The van der Waals surface area contributed by atoms with Crippen molar-refractivity contribution in [1.29, 1.82) is 0 Å². The molecule has 4 rings (SSSR count). The summed E-state index contributed by atoms with van der Waals surface area (Å²) in [4.78, 5) is 23.0. The van der Waals surface area contributed by atoms with Crippen molar-refractivity contribution in [2.45, 2.75) is 56.8 Å². The predicted molar refractivity (Wildman–Crippen MR) is 120 cm³/mol. The van der Waals surface area contributed by atoms with E-state index < -0.39 is 5.60 Å². The van der Waals surface area contributed by atoms with Gasteiger partial charge in [-0.2, -0.15) is 0 Å². The van der Waals surface area contributed by atoms with Crippen molar-refractivity contribution >= 4 is 22.9 Å². The van der Waals surface area contributed by atoms with Crippen LogP contribution in [0.1, 0.15) is 49.8 Å². The second kappa shape index (κ2) is 8.46. The maximum Gasteiger partial charge on any atom is 0.286 e. The fraction of sp³-hybridized carbons (Fsp3) is 0.417. The van der Waals surface area contributed by atoms with E-state index in [0.29, 0.717) is 18.8 Å². The SMILES string of the molecule is CC(C)c1cc2c(cc1O)CCC(C)(COc1ccc(CC3SC(=O)NC3=O)cc1)O2. The van der Waals surface area contributed by atoms with Crippen LogP contribution >= 0.6 is 11.8 Å². The van der Waals surface area contributed by atoms with E-state index >= 15 is 0 Å². The number of ether oxygens (including phenoxy) is 2. The summed E-state index contributed by atoms with van der Waals surface area (Å²) in [6.45, 7) is 6.54. The summed E-state index contributed by atoms with van der Waals surface area (Å²) < 4.78 is 12.3. The molecule has 2 aromatic carbocycles. The van der Waals surface area contributed by atoms with Crippen LogP contribution in [0, 0.1) is 0 Å². The molecule has 7 heteroatoms. The Hall–Kier alpha value is -2.67. The van der Waals surface area contributed by atoms with Gasteiger partial charge < -0.3 is 14.6 Å². The molecule has 0 saturated carbocycles. The molecule has 1 saturated heterocycles. The van der Waals surface area contributed by atoms with E-state index in [1.807, 2.05) is 57.2 Å². The lowest BCUT2D eigenvalue weighted by molar-refractivity contribution is -0.118. The van der Waals surface area contributed by atoms with Crippen molar-refractivity contribution in [3.05, 3.63) is 53.1 Å². The Labute approximate surface area is 186 Å². The number of carbonyl (C=O) groups is 2. The van der Waals surface area contributed by atoms with Crippen molar-refractivity contribution in [1.82, 2.24) is 5.32 Å². The number of imide groups is 1. The van der Waals surface area contributed by atoms with Crippen LogP contribution in [0.4, 0.5) is 4.79 Å². The van der Waals surface area contributed by atoms with E-state index in [0.717, 1.165) is 52.8 Å². The number of nitrogens with one attached hydrogen (secondary N) is 1. The molecule has 0 aromatic heterocycles. The molecule has 2 aliphatic rings. The molecular weight excluding hydrogens is 414 g/mol. The number of hydrogen-bond donors (Lipinski definition) is 2. The minimum absolute atomic E-state index is 0.212. The molecule has 1 fully saturated rings. The summed E-state index contributed by atoms with van der Waals surface area (Å²) in [5, 5.41) is 11.9. The Balaban J connectivity index is 1.37. The first-order valence-corrected chi connectivity index (χ1v) is 11.4. The van der Waals surface area contributed by atoms with Gasteiger partial charge in [0.15, 0.2) is 0 Å². The van der Waals surface area contributed by atoms with Gasteiger partial charge in [-0.15, -0.1) is 0 Å². The Bertz CT molecular complexity index is 1000. The number of fused-ring (bicyclic) bond motifs is 1. The third-order valence-corrected chi connectivity index (χ3v) is 6.75. The topological polar surface area (TPSA) is 84.9 Å². The molecule has 0 spiro atoms. The van der Waals surface area contributed by atoms with Crippen molar-refractivity contribution in [3.63, 3.8) is 0 Å². The molecule has 164 valence electrons. The average Bonchev–Trinajstić information content (AvgIpc) is 3.04. The molecule has 2 unspecified atom stereocenters. The zero-order valence-electron chi connectivity index (χ0n) is 17.9. The lowest BCUT2D eigenvalue weighted by Crippen LogP contribution is -2.42. The Morgan fingerprint density at radius 3 is 2.65 bits per heavy atom. The van der Waals surface area contributed by atoms with Gasteiger partial charge in [0.1, 0.15) is 29.5 Å². The third kappa shape index (κ3) is 4.82. The van der Waals surface area contributed by atoms with Gasteiger partial charge in [-0.1, -0.05) is 37.7 Å². The van der Waals surface area contributed by atoms with E-state index in [2.05, 4.69) is 5.32 Å². The first-order chi connectivity index (χ1) is 14.7. The van der Waals surface area contributed by atoms with E-state index in [1.54, 1.807) is 0 Å². The first-order valence-electron chi connectivity index (χ1n) is 10.5. The van der Waals surface area contributed by atoms with Gasteiger partial charge in [0, 0.05) is 5.56 Å². The zero-order valence-corrected chi connectivity index (χ0v) is 18.8. The smallest absolute Gasteiger partial charge is 0.286 e. The summed E-state index contributed by atoms with van der Waals surface area (Å²) in [6.07, 6.45) is 2.12. The second-order valence-corrected chi connectivity index (χ2v) is 9.92. The van der Waals surface area contributed by atoms with Gasteiger partial charge in [0.25, 0.3) is 5.24 Å². The summed E-state index contributed by atoms with van der Waals surface area (Å²) >= 11 is 1.04. The second-order valence-electron chi connectivity index (χ2n) is 8.75. The van der Waals surface area contributed by atoms with Gasteiger partial charge in [0.05, 0.1) is 5.25 Å². The van der Waals surface area contributed by atoms with E-state index in [1.165, 1.54) is 0 Å². The molecule has 0 bridgehead atoms. The minimum atomic E-state index is -0.462. The normalized spacial score (nSPS) is 22.8. The fourth-order valence-electron chi connectivity index (χ4n) is 3.90. The van der Waals surface area contributed by atoms with Crippen molar-refractivity contribution in [3.8, 4) is 17.2 Å². The molecule has 0 radical (unpaired) electrons. The number of hydrogen-bond acceptors (Lipinski definition) is 6. The summed E-state index contributed by atoms with van der Waals surface area (Å²) in [5.74, 6) is 1.86. The predicted octanol–water partition coefficient (Wildman–Crippen LogP) is 4.57. The number of benzene rings is 2. The fourth-order valence-corrected chi connectivity index (χ4v) is 4.76. The largest absolute Gasteiger partial charge is 0.508 e. The summed E-state index contributed by atoms with van der Waals surface area (Å²) in [7, 11) is 0. The molecule has 6 nitrogen and oxygen atoms in total. The number of phenols is 1. The molecule has 2 amide bonds. The molecule has 2 aromatic rings. The van der Waals surface area contributed by atoms with Crippen LogP contribution < -0.4 is 14.8 Å². The first kappa shape index (κ1) is 21.6. The van der Waals surface area contributed by atoms with Crippen molar-refractivity contribution < 1.29 is 24.2 Å². The molecular formula is C24H27NO5S. The van der Waals surface area contributed by atoms with Crippen LogP contribution in [-0.4, -0.2) is 33.7 Å². The number of amides is 2. The monoisotopic (exact) mass is 441 g/mol. The van der Waals surface area contributed by atoms with Gasteiger partial charge in [0.2, 0.25) is 5.91 Å². The van der Waals surface area contributed by atoms with Crippen LogP contribution in [0.15, 0.2) is 36.4 Å². The third-order valence-electron chi connectivity index (χ3n) is 5.77. The van der Waals surface area contributed by atoms with E-state index in [9.17, 15) is 14.7 Å². The number of aromatic hydroxyl groups is 1. The van der Waals surface area contributed by atoms with Gasteiger partial charge in [-0.3, -0.25) is 14.9 Å². The van der Waals surface area contributed by atoms with E-state index in [4.69, 9.17) is 9.47 Å². The van der Waals surface area contributed by atoms with Crippen LogP contribution in [0.2, 0.25) is 0 Å². The van der Waals surface area contributed by atoms with Gasteiger partial charge >= 0.3 is 0 Å². The minimum Gasteiger partial charge on any atom is -0.508 e. The lowest BCUT2D eigenvalue weighted by atomic mass is 9.90. The highest BCUT2D eigenvalue weighted by molar-refractivity contribution is 8.15. The Morgan fingerprint density at radius 1 is 1.26 bits per heavy atom. The number of aryl methyl sites for hydroxylation is 1. The van der Waals surface area contributed by atoms with Gasteiger partial charge in [-0.25, -0.2) is 0 Å². The maximum absolute atomic E-state index is 11.7. The maximum atomic E-state index is 11.7. The Kier molecular flexibility index (Phi) is 5.88. The van der Waals surface area contributed by atoms with Crippen LogP contribution in [-0.2, 0) is 17.6 Å². The molecule has 2 N–H and O–H groups in total. The zero-order chi connectivity index (χ0) is 22.2. The quantitative estimate of drug-likeness (QED) is 0.683. The van der Waals surface area contributed by atoms with Crippen LogP contribution in [0.5, 0.6) is 17.2 Å². The average molecular weight is 442 g/mol. The molecule has 2 atom stereocenters. The van der Waals surface area contributed by atoms with Crippen molar-refractivity contribution in [2.24, 2.45) is 0 Å². The standard InChI is InChI=1S/C24H27NO5S/c1-14(2)18-12-20-16(11-19(18)26)8-9-24(3,30-20)13-29-17-6-4-15(5-7-17)10-21-22(27)25-23(28)31-21/h4-7,11-12,14,21,26H,8-10,13H2,1-3H3,(H,25,27,28). The lowest BCUT2D eigenvalue weighted by Gasteiger charge is -2.36. The highest BCUT2D eigenvalue weighted by Crippen LogP contribution is 2.39. The van der Waals surface area contributed by atoms with Crippen LogP contribution in [0.3, 0.4) is 0 Å². The molecule has 31 heavy (non-hydrogen) atoms. The number of carbonyl (C=O) groups excluding carboxylic acids is 2. The number of rotatable bonds is 6. The van der Waals surface area contributed by atoms with Gasteiger partial charge in [-0.05, 0) is 67.5 Å². The molecule has 2 aliphatic heterocycles. The highest BCUT2D eigenvalue weighted by atomic mass is 32.2.